The highest BCUT2D eigenvalue weighted by Gasteiger charge is 2.38. The SMILES string of the molecule is COCCO[C@H](c1ccccc1O)[C@H]1CCC(C)(C)O1. The number of benzene rings is 1. The summed E-state index contributed by atoms with van der Waals surface area (Å²) < 4.78 is 17.0. The predicted molar refractivity (Wildman–Crippen MR) is 76.9 cm³/mol. The van der Waals surface area contributed by atoms with Crippen molar-refractivity contribution in [3.05, 3.63) is 29.8 Å². The molecule has 1 aliphatic heterocycles. The molecule has 0 amide bonds. The molecule has 2 atom stereocenters. The number of methoxy groups -OCH3 is 1. The third-order valence-corrected chi connectivity index (χ3v) is 3.67. The molecular weight excluding hydrogens is 256 g/mol. The summed E-state index contributed by atoms with van der Waals surface area (Å²) >= 11 is 0. The average molecular weight is 280 g/mol. The van der Waals surface area contributed by atoms with Gasteiger partial charge in [-0.15, -0.1) is 0 Å². The molecule has 1 N–H and O–H groups in total. The molecule has 0 aromatic heterocycles. The van der Waals surface area contributed by atoms with Gasteiger partial charge in [-0.05, 0) is 32.8 Å². The number of phenolic OH excluding ortho intramolecular Hbond substituents is 1. The van der Waals surface area contributed by atoms with Gasteiger partial charge in [0, 0.05) is 12.7 Å². The van der Waals surface area contributed by atoms with E-state index in [1.807, 2.05) is 18.2 Å². The first-order chi connectivity index (χ1) is 9.53. The minimum atomic E-state index is -0.256. The smallest absolute Gasteiger partial charge is 0.121 e. The minimum Gasteiger partial charge on any atom is -0.508 e. The van der Waals surface area contributed by atoms with E-state index in [-0.39, 0.29) is 23.6 Å². The Hall–Kier alpha value is -1.10. The van der Waals surface area contributed by atoms with Crippen molar-refractivity contribution in [2.75, 3.05) is 20.3 Å². The van der Waals surface area contributed by atoms with Crippen LogP contribution in [0.15, 0.2) is 24.3 Å². The monoisotopic (exact) mass is 280 g/mol. The number of hydrogen-bond donors (Lipinski definition) is 1. The first-order valence-electron chi connectivity index (χ1n) is 7.10. The second-order valence-electron chi connectivity index (χ2n) is 5.80. The van der Waals surface area contributed by atoms with Crippen molar-refractivity contribution in [2.24, 2.45) is 0 Å². The van der Waals surface area contributed by atoms with Gasteiger partial charge in [-0.25, -0.2) is 0 Å². The molecule has 4 nitrogen and oxygen atoms in total. The van der Waals surface area contributed by atoms with Gasteiger partial charge in [-0.1, -0.05) is 18.2 Å². The lowest BCUT2D eigenvalue weighted by atomic mass is 9.99. The van der Waals surface area contributed by atoms with Gasteiger partial charge in [0.05, 0.1) is 24.9 Å². The van der Waals surface area contributed by atoms with Crippen LogP contribution in [0.2, 0.25) is 0 Å². The standard InChI is InChI=1S/C16H24O4/c1-16(2)9-8-14(20-16)15(19-11-10-18-3)12-6-4-5-7-13(12)17/h4-7,14-15,17H,8-11H2,1-3H3/t14-,15-/m1/s1. The molecule has 0 saturated carbocycles. The highest BCUT2D eigenvalue weighted by molar-refractivity contribution is 5.34. The Kier molecular flexibility index (Phi) is 5.02. The Bertz CT molecular complexity index is 430. The van der Waals surface area contributed by atoms with Crippen LogP contribution >= 0.6 is 0 Å². The topological polar surface area (TPSA) is 47.9 Å². The quantitative estimate of drug-likeness (QED) is 0.814. The molecule has 1 aliphatic rings. The van der Waals surface area contributed by atoms with Gasteiger partial charge >= 0.3 is 0 Å². The van der Waals surface area contributed by atoms with Gasteiger partial charge < -0.3 is 19.3 Å². The fourth-order valence-electron chi connectivity index (χ4n) is 2.61. The summed E-state index contributed by atoms with van der Waals surface area (Å²) in [5, 5.41) is 10.1. The molecule has 1 aromatic rings. The Morgan fingerprint density at radius 1 is 1.35 bits per heavy atom. The van der Waals surface area contributed by atoms with Gasteiger partial charge in [0.25, 0.3) is 0 Å². The van der Waals surface area contributed by atoms with E-state index in [4.69, 9.17) is 14.2 Å². The number of para-hydroxylation sites is 1. The molecule has 1 saturated heterocycles. The zero-order chi connectivity index (χ0) is 14.6. The summed E-state index contributed by atoms with van der Waals surface area (Å²) in [6.07, 6.45) is 1.64. The lowest BCUT2D eigenvalue weighted by Crippen LogP contribution is -2.26. The predicted octanol–water partition coefficient (Wildman–Crippen LogP) is 3.05. The molecule has 0 radical (unpaired) electrons. The van der Waals surface area contributed by atoms with Crippen LogP contribution < -0.4 is 0 Å². The third-order valence-electron chi connectivity index (χ3n) is 3.67. The Labute approximate surface area is 120 Å². The van der Waals surface area contributed by atoms with Crippen LogP contribution in [-0.4, -0.2) is 37.1 Å². The van der Waals surface area contributed by atoms with Crippen molar-refractivity contribution in [1.82, 2.24) is 0 Å². The van der Waals surface area contributed by atoms with E-state index in [1.54, 1.807) is 13.2 Å². The van der Waals surface area contributed by atoms with Crippen molar-refractivity contribution >= 4 is 0 Å². The van der Waals surface area contributed by atoms with Crippen LogP contribution in [0, 0.1) is 0 Å². The van der Waals surface area contributed by atoms with Crippen LogP contribution in [0.4, 0.5) is 0 Å². The number of ether oxygens (including phenoxy) is 3. The van der Waals surface area contributed by atoms with Gasteiger partial charge in [-0.3, -0.25) is 0 Å². The number of aromatic hydroxyl groups is 1. The van der Waals surface area contributed by atoms with E-state index in [9.17, 15) is 5.11 Å². The third kappa shape index (κ3) is 3.72. The molecule has 1 heterocycles. The summed E-state index contributed by atoms with van der Waals surface area (Å²) in [7, 11) is 1.65. The lowest BCUT2D eigenvalue weighted by molar-refractivity contribution is -0.103. The highest BCUT2D eigenvalue weighted by Crippen LogP contribution is 2.40. The molecule has 0 unspecified atom stereocenters. The van der Waals surface area contributed by atoms with Gasteiger partial charge in [-0.2, -0.15) is 0 Å². The van der Waals surface area contributed by atoms with E-state index in [0.717, 1.165) is 18.4 Å². The molecule has 0 aliphatic carbocycles. The largest absolute Gasteiger partial charge is 0.508 e. The summed E-state index contributed by atoms with van der Waals surface area (Å²) in [6, 6.07) is 7.29. The van der Waals surface area contributed by atoms with Crippen molar-refractivity contribution < 1.29 is 19.3 Å². The Morgan fingerprint density at radius 3 is 2.70 bits per heavy atom. The van der Waals surface area contributed by atoms with Crippen molar-refractivity contribution in [2.45, 2.75) is 44.5 Å². The zero-order valence-corrected chi connectivity index (χ0v) is 12.5. The molecule has 1 aromatic carbocycles. The lowest BCUT2D eigenvalue weighted by Gasteiger charge is -2.27. The maximum absolute atomic E-state index is 10.1. The van der Waals surface area contributed by atoms with Gasteiger partial charge in [0.15, 0.2) is 0 Å². The van der Waals surface area contributed by atoms with Crippen LogP contribution in [-0.2, 0) is 14.2 Å². The van der Waals surface area contributed by atoms with Crippen molar-refractivity contribution in [3.63, 3.8) is 0 Å². The number of hydrogen-bond acceptors (Lipinski definition) is 4. The van der Waals surface area contributed by atoms with E-state index in [1.165, 1.54) is 0 Å². The molecule has 112 valence electrons. The van der Waals surface area contributed by atoms with Crippen LogP contribution in [0.25, 0.3) is 0 Å². The Morgan fingerprint density at radius 2 is 2.10 bits per heavy atom. The van der Waals surface area contributed by atoms with Gasteiger partial charge in [0.1, 0.15) is 11.9 Å². The number of rotatable bonds is 6. The van der Waals surface area contributed by atoms with Crippen LogP contribution in [0.3, 0.4) is 0 Å². The van der Waals surface area contributed by atoms with E-state index in [0.29, 0.717) is 13.2 Å². The summed E-state index contributed by atoms with van der Waals surface area (Å²) in [5.74, 6) is 0.253. The zero-order valence-electron chi connectivity index (χ0n) is 12.5. The summed E-state index contributed by atoms with van der Waals surface area (Å²) in [6.45, 7) is 5.18. The normalized spacial score (nSPS) is 22.9. The van der Waals surface area contributed by atoms with Crippen molar-refractivity contribution in [1.29, 1.82) is 0 Å². The molecule has 0 bridgehead atoms. The van der Waals surface area contributed by atoms with E-state index in [2.05, 4.69) is 13.8 Å². The fourth-order valence-corrected chi connectivity index (χ4v) is 2.61. The molecular formula is C16H24O4. The number of phenols is 1. The second-order valence-corrected chi connectivity index (χ2v) is 5.80. The summed E-state index contributed by atoms with van der Waals surface area (Å²) in [5.41, 5.74) is 0.657. The summed E-state index contributed by atoms with van der Waals surface area (Å²) in [4.78, 5) is 0. The highest BCUT2D eigenvalue weighted by atomic mass is 16.6. The molecule has 4 heteroatoms. The average Bonchev–Trinajstić information content (AvgIpc) is 2.76. The first kappa shape index (κ1) is 15.3. The fraction of sp³-hybridized carbons (Fsp3) is 0.625. The van der Waals surface area contributed by atoms with Crippen molar-refractivity contribution in [3.8, 4) is 5.75 Å². The molecule has 0 spiro atoms. The molecule has 20 heavy (non-hydrogen) atoms. The Balaban J connectivity index is 2.15. The first-order valence-corrected chi connectivity index (χ1v) is 7.10. The van der Waals surface area contributed by atoms with Crippen LogP contribution in [0.5, 0.6) is 5.75 Å². The molecule has 1 fully saturated rings. The van der Waals surface area contributed by atoms with Gasteiger partial charge in [0.2, 0.25) is 0 Å². The minimum absolute atomic E-state index is 0.0323. The van der Waals surface area contributed by atoms with E-state index < -0.39 is 0 Å². The van der Waals surface area contributed by atoms with E-state index >= 15 is 0 Å². The molecule has 2 rings (SSSR count). The van der Waals surface area contributed by atoms with Crippen LogP contribution in [0.1, 0.15) is 38.4 Å². The second kappa shape index (κ2) is 6.57. The maximum Gasteiger partial charge on any atom is 0.121 e. The maximum atomic E-state index is 10.1.